The molecule has 0 atom stereocenters. The zero-order chi connectivity index (χ0) is 18.4. The van der Waals surface area contributed by atoms with Crippen molar-refractivity contribution in [2.75, 3.05) is 5.32 Å². The fourth-order valence-electron chi connectivity index (χ4n) is 2.84. The molecule has 0 radical (unpaired) electrons. The van der Waals surface area contributed by atoms with Gasteiger partial charge in [0, 0.05) is 17.8 Å². The number of anilines is 1. The first-order chi connectivity index (χ1) is 12.7. The van der Waals surface area contributed by atoms with Crippen LogP contribution in [-0.2, 0) is 11.3 Å². The van der Waals surface area contributed by atoms with E-state index >= 15 is 0 Å². The maximum atomic E-state index is 11.8. The number of nitrogens with one attached hydrogen (secondary N) is 2. The van der Waals surface area contributed by atoms with Crippen LogP contribution in [0.3, 0.4) is 0 Å². The average molecular weight is 346 g/mol. The van der Waals surface area contributed by atoms with Crippen LogP contribution in [-0.4, -0.2) is 18.2 Å². The molecular weight excluding hydrogens is 328 g/mol. The first kappa shape index (κ1) is 17.3. The molecular formula is C20H18N4O2. The van der Waals surface area contributed by atoms with Crippen molar-refractivity contribution in [2.45, 2.75) is 31.5 Å². The quantitative estimate of drug-likeness (QED) is 0.865. The van der Waals surface area contributed by atoms with E-state index in [-0.39, 0.29) is 18.7 Å². The van der Waals surface area contributed by atoms with E-state index < -0.39 is 6.09 Å². The van der Waals surface area contributed by atoms with Crippen LogP contribution in [0.4, 0.5) is 10.5 Å². The summed E-state index contributed by atoms with van der Waals surface area (Å²) in [6, 6.07) is 18.9. The van der Waals surface area contributed by atoms with Crippen molar-refractivity contribution in [1.29, 1.82) is 10.5 Å². The van der Waals surface area contributed by atoms with Crippen molar-refractivity contribution in [3.63, 3.8) is 0 Å². The minimum absolute atomic E-state index is 0.0737. The molecule has 0 saturated heterocycles. The van der Waals surface area contributed by atoms with Crippen molar-refractivity contribution in [3.05, 3.63) is 65.2 Å². The van der Waals surface area contributed by atoms with Crippen molar-refractivity contribution >= 4 is 11.8 Å². The minimum Gasteiger partial charge on any atom is -0.445 e. The minimum atomic E-state index is -0.414. The van der Waals surface area contributed by atoms with E-state index in [4.69, 9.17) is 15.3 Å². The van der Waals surface area contributed by atoms with Gasteiger partial charge in [0.1, 0.15) is 18.7 Å². The first-order valence-corrected chi connectivity index (χ1v) is 8.36. The van der Waals surface area contributed by atoms with Crippen LogP contribution < -0.4 is 10.6 Å². The maximum Gasteiger partial charge on any atom is 0.407 e. The third kappa shape index (κ3) is 4.31. The molecule has 0 aliphatic heterocycles. The van der Waals surface area contributed by atoms with Crippen LogP contribution in [0.1, 0.15) is 29.5 Å². The van der Waals surface area contributed by atoms with E-state index in [2.05, 4.69) is 10.6 Å². The first-order valence-electron chi connectivity index (χ1n) is 8.36. The zero-order valence-corrected chi connectivity index (χ0v) is 14.1. The fraction of sp³-hybridized carbons (Fsp3) is 0.250. The average Bonchev–Trinajstić information content (AvgIpc) is 2.65. The van der Waals surface area contributed by atoms with Gasteiger partial charge in [-0.3, -0.25) is 0 Å². The molecule has 0 heterocycles. The molecule has 2 N–H and O–H groups in total. The third-order valence-electron chi connectivity index (χ3n) is 4.30. The summed E-state index contributed by atoms with van der Waals surface area (Å²) in [6.07, 6.45) is 1.15. The van der Waals surface area contributed by atoms with Crippen LogP contribution in [0.15, 0.2) is 48.5 Å². The van der Waals surface area contributed by atoms with E-state index in [9.17, 15) is 4.79 Å². The zero-order valence-electron chi connectivity index (χ0n) is 14.1. The van der Waals surface area contributed by atoms with Crippen LogP contribution >= 0.6 is 0 Å². The standard InChI is InChI=1S/C20H18N4O2/c21-11-15-6-7-17(8-16(15)12-22)23-18-9-19(10-18)24-20(25)26-13-14-4-2-1-3-5-14/h1-8,18-19,23H,9-10,13H2,(H,24,25). The monoisotopic (exact) mass is 346 g/mol. The molecule has 2 aromatic rings. The summed E-state index contributed by atoms with van der Waals surface area (Å²) in [5.41, 5.74) is 2.48. The lowest BCUT2D eigenvalue weighted by atomic mass is 9.86. The van der Waals surface area contributed by atoms with E-state index in [0.717, 1.165) is 24.1 Å². The van der Waals surface area contributed by atoms with E-state index in [1.165, 1.54) is 0 Å². The van der Waals surface area contributed by atoms with Crippen molar-refractivity contribution in [3.8, 4) is 12.1 Å². The number of amides is 1. The molecule has 3 rings (SSSR count). The Hall–Kier alpha value is -3.51. The highest BCUT2D eigenvalue weighted by Gasteiger charge is 2.30. The number of benzene rings is 2. The van der Waals surface area contributed by atoms with Gasteiger partial charge in [-0.25, -0.2) is 4.79 Å². The summed E-state index contributed by atoms with van der Waals surface area (Å²) < 4.78 is 5.21. The molecule has 1 aliphatic rings. The molecule has 6 nitrogen and oxygen atoms in total. The Labute approximate surface area is 152 Å². The fourth-order valence-corrected chi connectivity index (χ4v) is 2.84. The predicted octanol–water partition coefficient (Wildman–Crippen LogP) is 3.30. The SMILES string of the molecule is N#Cc1ccc(NC2CC(NC(=O)OCc3ccccc3)C2)cc1C#N. The molecule has 0 bridgehead atoms. The number of carbonyl (C=O) groups excluding carboxylic acids is 1. The molecule has 26 heavy (non-hydrogen) atoms. The summed E-state index contributed by atoms with van der Waals surface area (Å²) in [5, 5.41) is 24.2. The molecule has 1 fully saturated rings. The second kappa shape index (κ2) is 8.04. The number of alkyl carbamates (subject to hydrolysis) is 1. The summed E-state index contributed by atoms with van der Waals surface area (Å²) in [7, 11) is 0. The lowest BCUT2D eigenvalue weighted by Crippen LogP contribution is -2.49. The van der Waals surface area contributed by atoms with Crippen LogP contribution in [0.2, 0.25) is 0 Å². The molecule has 1 saturated carbocycles. The van der Waals surface area contributed by atoms with Gasteiger partial charge < -0.3 is 15.4 Å². The van der Waals surface area contributed by atoms with Crippen LogP contribution in [0.5, 0.6) is 0 Å². The van der Waals surface area contributed by atoms with Gasteiger partial charge in [-0.2, -0.15) is 10.5 Å². The number of carbonyl (C=O) groups is 1. The third-order valence-corrected chi connectivity index (χ3v) is 4.30. The summed E-state index contributed by atoms with van der Waals surface area (Å²) in [6.45, 7) is 0.253. The smallest absolute Gasteiger partial charge is 0.407 e. The van der Waals surface area contributed by atoms with E-state index in [0.29, 0.717) is 11.1 Å². The normalized spacial score (nSPS) is 17.9. The number of ether oxygens (including phenoxy) is 1. The second-order valence-corrected chi connectivity index (χ2v) is 6.20. The Morgan fingerprint density at radius 1 is 1.04 bits per heavy atom. The number of rotatable bonds is 5. The summed E-state index contributed by atoms with van der Waals surface area (Å²) in [4.78, 5) is 11.8. The Balaban J connectivity index is 1.41. The maximum absolute atomic E-state index is 11.8. The Bertz CT molecular complexity index is 862. The molecule has 0 unspecified atom stereocenters. The molecule has 130 valence electrons. The molecule has 1 amide bonds. The lowest BCUT2D eigenvalue weighted by Gasteiger charge is -2.36. The van der Waals surface area contributed by atoms with Gasteiger partial charge in [0.05, 0.1) is 11.1 Å². The topological polar surface area (TPSA) is 97.9 Å². The van der Waals surface area contributed by atoms with Gasteiger partial charge in [-0.05, 0) is 36.6 Å². The predicted molar refractivity (Wildman–Crippen MR) is 96.1 cm³/mol. The van der Waals surface area contributed by atoms with Gasteiger partial charge in [-0.1, -0.05) is 30.3 Å². The summed E-state index contributed by atoms with van der Waals surface area (Å²) in [5.74, 6) is 0. The molecule has 2 aromatic carbocycles. The lowest BCUT2D eigenvalue weighted by molar-refractivity contribution is 0.129. The van der Waals surface area contributed by atoms with Gasteiger partial charge in [0.15, 0.2) is 0 Å². The molecule has 0 aromatic heterocycles. The largest absolute Gasteiger partial charge is 0.445 e. The van der Waals surface area contributed by atoms with E-state index in [1.807, 2.05) is 42.5 Å². The Morgan fingerprint density at radius 3 is 2.46 bits per heavy atom. The van der Waals surface area contributed by atoms with Crippen molar-refractivity contribution < 1.29 is 9.53 Å². The van der Waals surface area contributed by atoms with Crippen LogP contribution in [0.25, 0.3) is 0 Å². The highest BCUT2D eigenvalue weighted by Crippen LogP contribution is 2.25. The number of hydrogen-bond donors (Lipinski definition) is 2. The second-order valence-electron chi connectivity index (χ2n) is 6.20. The van der Waals surface area contributed by atoms with Crippen molar-refractivity contribution in [1.82, 2.24) is 5.32 Å². The van der Waals surface area contributed by atoms with Gasteiger partial charge in [-0.15, -0.1) is 0 Å². The van der Waals surface area contributed by atoms with Gasteiger partial charge in [0.25, 0.3) is 0 Å². The number of hydrogen-bond acceptors (Lipinski definition) is 5. The Morgan fingerprint density at radius 2 is 1.77 bits per heavy atom. The van der Waals surface area contributed by atoms with Gasteiger partial charge in [0.2, 0.25) is 0 Å². The molecule has 1 aliphatic carbocycles. The van der Waals surface area contributed by atoms with Gasteiger partial charge >= 0.3 is 6.09 Å². The van der Waals surface area contributed by atoms with Crippen LogP contribution in [0, 0.1) is 22.7 Å². The Kier molecular flexibility index (Phi) is 5.36. The molecule has 6 heteroatoms. The highest BCUT2D eigenvalue weighted by molar-refractivity contribution is 5.68. The van der Waals surface area contributed by atoms with E-state index in [1.54, 1.807) is 18.2 Å². The number of nitrogens with zero attached hydrogens (tertiary/aromatic N) is 2. The molecule has 0 spiro atoms. The highest BCUT2D eigenvalue weighted by atomic mass is 16.5. The summed E-state index contributed by atoms with van der Waals surface area (Å²) >= 11 is 0. The van der Waals surface area contributed by atoms with Crippen molar-refractivity contribution in [2.24, 2.45) is 0 Å². The number of nitriles is 2.